The fraction of sp³-hybridized carbons (Fsp3) is 0.333. The zero-order valence-electron chi connectivity index (χ0n) is 10.6. The van der Waals surface area contributed by atoms with Crippen LogP contribution in [-0.4, -0.2) is 9.97 Å². The third-order valence-corrected chi connectivity index (χ3v) is 3.63. The molecule has 2 aromatic rings. The van der Waals surface area contributed by atoms with Crippen molar-refractivity contribution in [1.29, 1.82) is 0 Å². The third kappa shape index (κ3) is 2.87. The summed E-state index contributed by atoms with van der Waals surface area (Å²) in [5, 5.41) is 0. The molecule has 1 aromatic carbocycles. The first-order valence-corrected chi connectivity index (χ1v) is 7.05. The summed E-state index contributed by atoms with van der Waals surface area (Å²) < 4.78 is 5.73. The molecule has 0 unspecified atom stereocenters. The largest absolute Gasteiger partial charge is 0.437 e. The second kappa shape index (κ2) is 5.57. The van der Waals surface area contributed by atoms with Gasteiger partial charge in [-0.3, -0.25) is 4.98 Å². The molecule has 3 nitrogen and oxygen atoms in total. The molecule has 4 heteroatoms. The van der Waals surface area contributed by atoms with Crippen LogP contribution >= 0.6 is 11.6 Å². The summed E-state index contributed by atoms with van der Waals surface area (Å²) in [6, 6.07) is 6.28. The van der Waals surface area contributed by atoms with Gasteiger partial charge in [0.2, 0.25) is 5.88 Å². The number of fused-ring (bicyclic) bond motifs is 1. The predicted molar refractivity (Wildman–Crippen MR) is 74.7 cm³/mol. The summed E-state index contributed by atoms with van der Waals surface area (Å²) in [5.41, 5.74) is 3.59. The van der Waals surface area contributed by atoms with Gasteiger partial charge in [-0.25, -0.2) is 4.98 Å². The first-order valence-electron chi connectivity index (χ1n) is 6.52. The van der Waals surface area contributed by atoms with Crippen LogP contribution < -0.4 is 4.74 Å². The fourth-order valence-electron chi connectivity index (χ4n) is 2.36. The molecule has 1 heterocycles. The summed E-state index contributed by atoms with van der Waals surface area (Å²) in [7, 11) is 0. The molecule has 0 spiro atoms. The molecule has 0 saturated carbocycles. The Hall–Kier alpha value is -1.61. The van der Waals surface area contributed by atoms with Gasteiger partial charge in [-0.05, 0) is 48.9 Å². The van der Waals surface area contributed by atoms with Crippen molar-refractivity contribution in [3.05, 3.63) is 47.4 Å². The Kier molecular flexibility index (Phi) is 3.65. The highest BCUT2D eigenvalue weighted by molar-refractivity contribution is 6.16. The smallest absolute Gasteiger partial charge is 0.237 e. The quantitative estimate of drug-likeness (QED) is 0.797. The average Bonchev–Trinajstić information content (AvgIpc) is 2.48. The van der Waals surface area contributed by atoms with Crippen LogP contribution in [0, 0.1) is 0 Å². The number of alkyl halides is 1. The molecule has 0 fully saturated rings. The Morgan fingerprint density at radius 3 is 2.63 bits per heavy atom. The van der Waals surface area contributed by atoms with E-state index >= 15 is 0 Å². The van der Waals surface area contributed by atoms with Crippen LogP contribution in [0.5, 0.6) is 11.6 Å². The van der Waals surface area contributed by atoms with E-state index in [4.69, 9.17) is 16.3 Å². The highest BCUT2D eigenvalue weighted by atomic mass is 35.5. The summed E-state index contributed by atoms with van der Waals surface area (Å²) >= 11 is 5.68. The van der Waals surface area contributed by atoms with Gasteiger partial charge >= 0.3 is 0 Å². The lowest BCUT2D eigenvalue weighted by Crippen LogP contribution is -2.02. The standard InChI is InChI=1S/C15H15ClN2O/c16-8-13-9-18-15(10-17-13)19-14-6-5-11-3-1-2-4-12(11)7-14/h5-7,9-10H,1-4,8H2. The number of nitrogens with zero attached hydrogens (tertiary/aromatic N) is 2. The molecule has 1 aliphatic carbocycles. The minimum absolute atomic E-state index is 0.367. The molecule has 3 rings (SSSR count). The van der Waals surface area contributed by atoms with E-state index < -0.39 is 0 Å². The first kappa shape index (κ1) is 12.4. The lowest BCUT2D eigenvalue weighted by atomic mass is 9.92. The normalized spacial score (nSPS) is 13.9. The van der Waals surface area contributed by atoms with Crippen molar-refractivity contribution in [3.8, 4) is 11.6 Å². The molecule has 98 valence electrons. The van der Waals surface area contributed by atoms with E-state index in [1.54, 1.807) is 12.4 Å². The molecule has 19 heavy (non-hydrogen) atoms. The number of hydrogen-bond acceptors (Lipinski definition) is 3. The molecule has 0 saturated heterocycles. The highest BCUT2D eigenvalue weighted by Crippen LogP contribution is 2.27. The van der Waals surface area contributed by atoms with Gasteiger partial charge in [0.1, 0.15) is 5.75 Å². The van der Waals surface area contributed by atoms with E-state index in [0.29, 0.717) is 11.8 Å². The van der Waals surface area contributed by atoms with Crippen LogP contribution in [0.15, 0.2) is 30.6 Å². The van der Waals surface area contributed by atoms with Gasteiger partial charge in [0, 0.05) is 0 Å². The van der Waals surface area contributed by atoms with Crippen LogP contribution in [0.3, 0.4) is 0 Å². The summed E-state index contributed by atoms with van der Waals surface area (Å²) in [5.74, 6) is 1.70. The van der Waals surface area contributed by atoms with Gasteiger partial charge in [0.25, 0.3) is 0 Å². The Bertz CT molecular complexity index is 569. The van der Waals surface area contributed by atoms with Crippen molar-refractivity contribution < 1.29 is 4.74 Å². The van der Waals surface area contributed by atoms with Gasteiger partial charge in [-0.15, -0.1) is 11.6 Å². The van der Waals surface area contributed by atoms with Crippen molar-refractivity contribution in [1.82, 2.24) is 9.97 Å². The van der Waals surface area contributed by atoms with E-state index in [0.717, 1.165) is 17.9 Å². The lowest BCUT2D eigenvalue weighted by molar-refractivity contribution is 0.458. The lowest BCUT2D eigenvalue weighted by Gasteiger charge is -2.16. The summed E-state index contributed by atoms with van der Waals surface area (Å²) in [6.07, 6.45) is 8.13. The number of ether oxygens (including phenoxy) is 1. The molecule has 0 atom stereocenters. The summed E-state index contributed by atoms with van der Waals surface area (Å²) in [4.78, 5) is 8.35. The van der Waals surface area contributed by atoms with Gasteiger partial charge in [0.05, 0.1) is 24.0 Å². The van der Waals surface area contributed by atoms with E-state index in [1.165, 1.54) is 30.4 Å². The minimum Gasteiger partial charge on any atom is -0.437 e. The third-order valence-electron chi connectivity index (χ3n) is 3.36. The van der Waals surface area contributed by atoms with Crippen molar-refractivity contribution in [2.75, 3.05) is 0 Å². The molecular weight excluding hydrogens is 260 g/mol. The molecule has 1 aliphatic rings. The SMILES string of the molecule is ClCc1cnc(Oc2ccc3c(c2)CCCC3)cn1. The number of hydrogen-bond donors (Lipinski definition) is 0. The van der Waals surface area contributed by atoms with Crippen LogP contribution in [0.25, 0.3) is 0 Å². The molecule has 0 N–H and O–H groups in total. The van der Waals surface area contributed by atoms with Gasteiger partial charge in [0.15, 0.2) is 0 Å². The van der Waals surface area contributed by atoms with Gasteiger partial charge in [-0.1, -0.05) is 6.07 Å². The van der Waals surface area contributed by atoms with Gasteiger partial charge in [-0.2, -0.15) is 0 Å². The van der Waals surface area contributed by atoms with Crippen molar-refractivity contribution in [2.24, 2.45) is 0 Å². The maximum Gasteiger partial charge on any atom is 0.237 e. The number of aromatic nitrogens is 2. The topological polar surface area (TPSA) is 35.0 Å². The maximum absolute atomic E-state index is 5.73. The van der Waals surface area contributed by atoms with Crippen LogP contribution in [0.4, 0.5) is 0 Å². The molecular formula is C15H15ClN2O. The predicted octanol–water partition coefficient (Wildman–Crippen LogP) is 3.89. The second-order valence-corrected chi connectivity index (χ2v) is 4.99. The zero-order chi connectivity index (χ0) is 13.1. The summed E-state index contributed by atoms with van der Waals surface area (Å²) in [6.45, 7) is 0. The van der Waals surface area contributed by atoms with E-state index in [-0.39, 0.29) is 0 Å². The Morgan fingerprint density at radius 1 is 1.05 bits per heavy atom. The second-order valence-electron chi connectivity index (χ2n) is 4.72. The van der Waals surface area contributed by atoms with Crippen LogP contribution in [-0.2, 0) is 18.7 Å². The minimum atomic E-state index is 0.367. The van der Waals surface area contributed by atoms with E-state index in [9.17, 15) is 0 Å². The monoisotopic (exact) mass is 274 g/mol. The van der Waals surface area contributed by atoms with Gasteiger partial charge < -0.3 is 4.74 Å². The zero-order valence-corrected chi connectivity index (χ0v) is 11.4. The molecule has 0 aliphatic heterocycles. The highest BCUT2D eigenvalue weighted by Gasteiger charge is 2.10. The van der Waals surface area contributed by atoms with Crippen molar-refractivity contribution in [2.45, 2.75) is 31.6 Å². The van der Waals surface area contributed by atoms with Crippen molar-refractivity contribution >= 4 is 11.6 Å². The van der Waals surface area contributed by atoms with E-state index in [1.807, 2.05) is 6.07 Å². The number of rotatable bonds is 3. The Labute approximate surface area is 117 Å². The molecule has 0 radical (unpaired) electrons. The van der Waals surface area contributed by atoms with Crippen LogP contribution in [0.1, 0.15) is 29.7 Å². The molecule has 0 amide bonds. The number of benzene rings is 1. The van der Waals surface area contributed by atoms with Crippen molar-refractivity contribution in [3.63, 3.8) is 0 Å². The van der Waals surface area contributed by atoms with E-state index in [2.05, 4.69) is 22.1 Å². The maximum atomic E-state index is 5.73. The Morgan fingerprint density at radius 2 is 1.89 bits per heavy atom. The number of aryl methyl sites for hydroxylation is 2. The Balaban J connectivity index is 1.78. The average molecular weight is 275 g/mol. The molecule has 0 bridgehead atoms. The number of halogens is 1. The fourth-order valence-corrected chi connectivity index (χ4v) is 2.50. The van der Waals surface area contributed by atoms with Crippen LogP contribution in [0.2, 0.25) is 0 Å². The first-order chi connectivity index (χ1) is 9.35. The molecule has 1 aromatic heterocycles.